The van der Waals surface area contributed by atoms with E-state index in [0.29, 0.717) is 11.3 Å². The molecule has 0 bridgehead atoms. The molecule has 0 amide bonds. The van der Waals surface area contributed by atoms with E-state index in [4.69, 9.17) is 10.00 Å². The lowest BCUT2D eigenvalue weighted by atomic mass is 10.1. The molecule has 0 radical (unpaired) electrons. The van der Waals surface area contributed by atoms with Crippen molar-refractivity contribution in [2.24, 2.45) is 0 Å². The Balaban J connectivity index is 2.37. The molecule has 0 heterocycles. The third-order valence-corrected chi connectivity index (χ3v) is 3.44. The highest BCUT2D eigenvalue weighted by Gasteiger charge is 2.10. The first-order valence-corrected chi connectivity index (χ1v) is 7.01. The van der Waals surface area contributed by atoms with Crippen LogP contribution in [0.1, 0.15) is 5.56 Å². The van der Waals surface area contributed by atoms with Gasteiger partial charge in [0.15, 0.2) is 0 Å². The molecule has 0 unspecified atom stereocenters. The standard InChI is InChI=1S/C16H13NO2S/c1-19-16(18)15(10-20-11-17)9-12-6-7-13-4-2-3-5-14(13)8-12/h2-9H,10H2,1H3/b15-9+. The Labute approximate surface area is 121 Å². The van der Waals surface area contributed by atoms with Gasteiger partial charge >= 0.3 is 5.97 Å². The lowest BCUT2D eigenvalue weighted by Gasteiger charge is -2.04. The van der Waals surface area contributed by atoms with Crippen LogP contribution in [0.5, 0.6) is 0 Å². The lowest BCUT2D eigenvalue weighted by molar-refractivity contribution is -0.135. The summed E-state index contributed by atoms with van der Waals surface area (Å²) < 4.78 is 4.74. The molecule has 0 fully saturated rings. The minimum atomic E-state index is -0.402. The van der Waals surface area contributed by atoms with Crippen molar-refractivity contribution in [1.29, 1.82) is 5.26 Å². The lowest BCUT2D eigenvalue weighted by Crippen LogP contribution is -2.06. The number of hydrogen-bond donors (Lipinski definition) is 0. The van der Waals surface area contributed by atoms with Crippen molar-refractivity contribution in [2.45, 2.75) is 0 Å². The molecule has 4 heteroatoms. The van der Waals surface area contributed by atoms with Crippen LogP contribution in [0, 0.1) is 10.7 Å². The maximum Gasteiger partial charge on any atom is 0.334 e. The summed E-state index contributed by atoms with van der Waals surface area (Å²) in [5.41, 5.74) is 1.40. The molecule has 2 aromatic rings. The number of rotatable bonds is 4. The van der Waals surface area contributed by atoms with E-state index in [1.807, 2.05) is 47.9 Å². The second kappa shape index (κ2) is 6.78. The van der Waals surface area contributed by atoms with Gasteiger partial charge in [-0.3, -0.25) is 0 Å². The smallest absolute Gasteiger partial charge is 0.334 e. The summed E-state index contributed by atoms with van der Waals surface area (Å²) in [6.45, 7) is 0. The van der Waals surface area contributed by atoms with Crippen LogP contribution < -0.4 is 0 Å². The van der Waals surface area contributed by atoms with E-state index in [1.54, 1.807) is 6.08 Å². The molecule has 0 aliphatic rings. The fraction of sp³-hybridized carbons (Fsp3) is 0.125. The van der Waals surface area contributed by atoms with Crippen molar-refractivity contribution < 1.29 is 9.53 Å². The third kappa shape index (κ3) is 3.40. The molecule has 0 aliphatic heterocycles. The molecule has 0 spiro atoms. The molecule has 2 rings (SSSR count). The third-order valence-electron chi connectivity index (χ3n) is 2.85. The van der Waals surface area contributed by atoms with Crippen molar-refractivity contribution in [3.8, 4) is 5.40 Å². The van der Waals surface area contributed by atoms with Gasteiger partial charge in [0.1, 0.15) is 5.40 Å². The second-order valence-electron chi connectivity index (χ2n) is 4.15. The molecule has 3 nitrogen and oxygen atoms in total. The van der Waals surface area contributed by atoms with E-state index in [-0.39, 0.29) is 0 Å². The fourth-order valence-corrected chi connectivity index (χ4v) is 2.32. The summed E-state index contributed by atoms with van der Waals surface area (Å²) in [5, 5.41) is 12.8. The Morgan fingerprint density at radius 2 is 2.05 bits per heavy atom. The van der Waals surface area contributed by atoms with Crippen LogP contribution in [0.3, 0.4) is 0 Å². The van der Waals surface area contributed by atoms with Gasteiger partial charge < -0.3 is 4.74 Å². The number of methoxy groups -OCH3 is 1. The van der Waals surface area contributed by atoms with Crippen LogP contribution in [-0.4, -0.2) is 18.8 Å². The number of ether oxygens (including phenoxy) is 1. The normalized spacial score (nSPS) is 11.1. The second-order valence-corrected chi connectivity index (χ2v) is 4.91. The molecule has 20 heavy (non-hydrogen) atoms. The fourth-order valence-electron chi connectivity index (χ4n) is 1.90. The summed E-state index contributed by atoms with van der Waals surface area (Å²) in [6, 6.07) is 14.0. The average Bonchev–Trinajstić information content (AvgIpc) is 2.50. The molecule has 0 N–H and O–H groups in total. The number of esters is 1. The SMILES string of the molecule is COC(=O)/C(=C/c1ccc2ccccc2c1)CSC#N. The van der Waals surface area contributed by atoms with Crippen LogP contribution in [-0.2, 0) is 9.53 Å². The van der Waals surface area contributed by atoms with Crippen molar-refractivity contribution in [2.75, 3.05) is 12.9 Å². The Hall–Kier alpha value is -2.25. The number of nitriles is 1. The molecule has 100 valence electrons. The Bertz CT molecular complexity index is 701. The van der Waals surface area contributed by atoms with Gasteiger partial charge in [-0.25, -0.2) is 4.79 Å². The maximum atomic E-state index is 11.7. The number of benzene rings is 2. The summed E-state index contributed by atoms with van der Waals surface area (Å²) >= 11 is 1.02. The highest BCUT2D eigenvalue weighted by atomic mass is 32.2. The maximum absolute atomic E-state index is 11.7. The number of fused-ring (bicyclic) bond motifs is 1. The van der Waals surface area contributed by atoms with Gasteiger partial charge in [-0.05, 0) is 40.2 Å². The molecule has 0 atom stereocenters. The zero-order chi connectivity index (χ0) is 14.4. The first-order chi connectivity index (χ1) is 9.74. The molecule has 0 aromatic heterocycles. The summed E-state index contributed by atoms with van der Waals surface area (Å²) in [6.07, 6.45) is 1.77. The van der Waals surface area contributed by atoms with Gasteiger partial charge in [-0.1, -0.05) is 36.4 Å². The minimum absolute atomic E-state index is 0.315. The molecular formula is C16H13NO2S. The summed E-state index contributed by atoms with van der Waals surface area (Å²) in [4.78, 5) is 11.7. The van der Waals surface area contributed by atoms with E-state index >= 15 is 0 Å². The van der Waals surface area contributed by atoms with Crippen LogP contribution >= 0.6 is 11.8 Å². The van der Waals surface area contributed by atoms with Gasteiger partial charge in [0, 0.05) is 11.3 Å². The van der Waals surface area contributed by atoms with Crippen LogP contribution in [0.15, 0.2) is 48.0 Å². The molecular weight excluding hydrogens is 270 g/mol. The Morgan fingerprint density at radius 1 is 1.30 bits per heavy atom. The van der Waals surface area contributed by atoms with E-state index in [1.165, 1.54) is 7.11 Å². The molecule has 0 saturated carbocycles. The monoisotopic (exact) mass is 283 g/mol. The van der Waals surface area contributed by atoms with Crippen molar-refractivity contribution in [1.82, 2.24) is 0 Å². The first kappa shape index (κ1) is 14.2. The largest absolute Gasteiger partial charge is 0.466 e. The van der Waals surface area contributed by atoms with E-state index < -0.39 is 5.97 Å². The van der Waals surface area contributed by atoms with Crippen molar-refractivity contribution in [3.63, 3.8) is 0 Å². The van der Waals surface area contributed by atoms with Crippen molar-refractivity contribution >= 4 is 34.6 Å². The number of thioether (sulfide) groups is 1. The van der Waals surface area contributed by atoms with Crippen molar-refractivity contribution in [3.05, 3.63) is 53.6 Å². The van der Waals surface area contributed by atoms with Crippen LogP contribution in [0.4, 0.5) is 0 Å². The molecule has 2 aromatic carbocycles. The minimum Gasteiger partial charge on any atom is -0.466 e. The topological polar surface area (TPSA) is 50.1 Å². The van der Waals surface area contributed by atoms with Gasteiger partial charge in [0.25, 0.3) is 0 Å². The number of carbonyl (C=O) groups excluding carboxylic acids is 1. The number of carbonyl (C=O) groups is 1. The zero-order valence-electron chi connectivity index (χ0n) is 11.0. The van der Waals surface area contributed by atoms with E-state index in [0.717, 1.165) is 28.1 Å². The average molecular weight is 283 g/mol. The van der Waals surface area contributed by atoms with Crippen LogP contribution in [0.2, 0.25) is 0 Å². The highest BCUT2D eigenvalue weighted by molar-refractivity contribution is 8.03. The van der Waals surface area contributed by atoms with Gasteiger partial charge in [0.05, 0.1) is 7.11 Å². The number of thiocyanates is 1. The quantitative estimate of drug-likeness (QED) is 0.488. The summed E-state index contributed by atoms with van der Waals surface area (Å²) in [5.74, 6) is -0.0865. The predicted octanol–water partition coefficient (Wildman–Crippen LogP) is 3.61. The van der Waals surface area contributed by atoms with E-state index in [9.17, 15) is 4.79 Å². The Morgan fingerprint density at radius 3 is 2.75 bits per heavy atom. The van der Waals surface area contributed by atoms with E-state index in [2.05, 4.69) is 0 Å². The van der Waals surface area contributed by atoms with Gasteiger partial charge in [-0.15, -0.1) is 0 Å². The van der Waals surface area contributed by atoms with Gasteiger partial charge in [-0.2, -0.15) is 5.26 Å². The summed E-state index contributed by atoms with van der Waals surface area (Å²) in [7, 11) is 1.34. The predicted molar refractivity (Wildman–Crippen MR) is 82.0 cm³/mol. The first-order valence-electron chi connectivity index (χ1n) is 6.03. The molecule has 0 saturated heterocycles. The Kier molecular flexibility index (Phi) is 4.80. The number of hydrogen-bond acceptors (Lipinski definition) is 4. The van der Waals surface area contributed by atoms with Crippen LogP contribution in [0.25, 0.3) is 16.8 Å². The van der Waals surface area contributed by atoms with Gasteiger partial charge in [0.2, 0.25) is 0 Å². The number of nitrogens with zero attached hydrogens (tertiary/aromatic N) is 1. The highest BCUT2D eigenvalue weighted by Crippen LogP contribution is 2.19. The zero-order valence-corrected chi connectivity index (χ0v) is 11.8. The molecule has 0 aliphatic carbocycles.